The van der Waals surface area contributed by atoms with Crippen molar-refractivity contribution < 1.29 is 14.3 Å². The van der Waals surface area contributed by atoms with E-state index in [2.05, 4.69) is 31.4 Å². The Bertz CT molecular complexity index is 762. The average Bonchev–Trinajstić information content (AvgIpc) is 2.59. The molecule has 0 radical (unpaired) electrons. The number of anilines is 1. The number of rotatable bonds is 6. The molecule has 0 heterocycles. The highest BCUT2D eigenvalue weighted by Gasteiger charge is 2.14. The second-order valence-electron chi connectivity index (χ2n) is 7.19. The molecule has 138 valence electrons. The summed E-state index contributed by atoms with van der Waals surface area (Å²) in [6.07, 6.45) is 0. The third-order valence-corrected chi connectivity index (χ3v) is 3.94. The Balaban J connectivity index is 1.88. The lowest BCUT2D eigenvalue weighted by Gasteiger charge is -2.19. The summed E-state index contributed by atoms with van der Waals surface area (Å²) in [4.78, 5) is 24.2. The average molecular weight is 354 g/mol. The Morgan fingerprint density at radius 2 is 1.73 bits per heavy atom. The molecule has 26 heavy (non-hydrogen) atoms. The SMILES string of the molecule is COCc1cccc(NC(=O)CNC(=O)c2ccc(C(C)(C)C)cc2)c1. The van der Waals surface area contributed by atoms with Gasteiger partial charge in [0, 0.05) is 18.4 Å². The van der Waals surface area contributed by atoms with Crippen LogP contribution in [0.25, 0.3) is 0 Å². The maximum atomic E-state index is 12.2. The van der Waals surface area contributed by atoms with Crippen molar-refractivity contribution in [3.05, 3.63) is 65.2 Å². The summed E-state index contributed by atoms with van der Waals surface area (Å²) in [6, 6.07) is 14.8. The highest BCUT2D eigenvalue weighted by atomic mass is 16.5. The minimum atomic E-state index is -0.278. The lowest BCUT2D eigenvalue weighted by Crippen LogP contribution is -2.32. The van der Waals surface area contributed by atoms with Crippen molar-refractivity contribution in [3.63, 3.8) is 0 Å². The Kier molecular flexibility index (Phi) is 6.52. The van der Waals surface area contributed by atoms with E-state index < -0.39 is 0 Å². The molecule has 0 aromatic heterocycles. The molecule has 2 aromatic carbocycles. The highest BCUT2D eigenvalue weighted by molar-refractivity contribution is 5.99. The largest absolute Gasteiger partial charge is 0.380 e. The first kappa shape index (κ1) is 19.7. The van der Waals surface area contributed by atoms with Crippen LogP contribution in [0.5, 0.6) is 0 Å². The first-order chi connectivity index (χ1) is 12.3. The van der Waals surface area contributed by atoms with Crippen molar-refractivity contribution in [2.75, 3.05) is 19.0 Å². The zero-order chi connectivity index (χ0) is 19.2. The third kappa shape index (κ3) is 5.70. The molecule has 0 unspecified atom stereocenters. The van der Waals surface area contributed by atoms with Gasteiger partial charge in [-0.25, -0.2) is 0 Å². The van der Waals surface area contributed by atoms with E-state index in [-0.39, 0.29) is 23.8 Å². The van der Waals surface area contributed by atoms with Crippen LogP contribution in [-0.4, -0.2) is 25.5 Å². The molecule has 2 aromatic rings. The van der Waals surface area contributed by atoms with E-state index in [0.717, 1.165) is 11.1 Å². The molecule has 0 saturated heterocycles. The van der Waals surface area contributed by atoms with Gasteiger partial charge in [0.25, 0.3) is 5.91 Å². The number of hydrogen-bond donors (Lipinski definition) is 2. The van der Waals surface area contributed by atoms with Crippen LogP contribution in [0.2, 0.25) is 0 Å². The Morgan fingerprint density at radius 1 is 1.04 bits per heavy atom. The van der Waals surface area contributed by atoms with E-state index >= 15 is 0 Å². The Hall–Kier alpha value is -2.66. The standard InChI is InChI=1S/C21H26N2O3/c1-21(2,3)17-10-8-16(9-11-17)20(25)22-13-19(24)23-18-7-5-6-15(12-18)14-26-4/h5-12H,13-14H2,1-4H3,(H,22,25)(H,23,24). The molecule has 0 fully saturated rings. The van der Waals surface area contributed by atoms with Crippen LogP contribution in [-0.2, 0) is 21.6 Å². The van der Waals surface area contributed by atoms with Gasteiger partial charge in [0.15, 0.2) is 0 Å². The van der Waals surface area contributed by atoms with Gasteiger partial charge >= 0.3 is 0 Å². The predicted molar refractivity (Wildman–Crippen MR) is 103 cm³/mol. The number of hydrogen-bond acceptors (Lipinski definition) is 3. The number of carbonyl (C=O) groups is 2. The minimum Gasteiger partial charge on any atom is -0.380 e. The topological polar surface area (TPSA) is 67.4 Å². The third-order valence-electron chi connectivity index (χ3n) is 3.94. The van der Waals surface area contributed by atoms with Crippen LogP contribution in [0.3, 0.4) is 0 Å². The summed E-state index contributed by atoms with van der Waals surface area (Å²) >= 11 is 0. The van der Waals surface area contributed by atoms with Gasteiger partial charge in [-0.1, -0.05) is 45.0 Å². The van der Waals surface area contributed by atoms with Crippen LogP contribution < -0.4 is 10.6 Å². The summed E-state index contributed by atoms with van der Waals surface area (Å²) < 4.78 is 5.08. The van der Waals surface area contributed by atoms with Crippen LogP contribution in [0.1, 0.15) is 42.3 Å². The summed E-state index contributed by atoms with van der Waals surface area (Å²) in [5, 5.41) is 5.41. The summed E-state index contributed by atoms with van der Waals surface area (Å²) in [6.45, 7) is 6.75. The van der Waals surface area contributed by atoms with Crippen LogP contribution >= 0.6 is 0 Å². The molecule has 0 saturated carbocycles. The van der Waals surface area contributed by atoms with Crippen molar-refractivity contribution >= 4 is 17.5 Å². The molecule has 0 spiro atoms. The van der Waals surface area contributed by atoms with Gasteiger partial charge in [0.1, 0.15) is 0 Å². The zero-order valence-electron chi connectivity index (χ0n) is 15.8. The number of amides is 2. The molecule has 0 aliphatic rings. The molecular formula is C21H26N2O3. The van der Waals surface area contributed by atoms with E-state index in [1.165, 1.54) is 0 Å². The van der Waals surface area contributed by atoms with Gasteiger partial charge in [-0.05, 0) is 40.8 Å². The minimum absolute atomic E-state index is 0.0340. The van der Waals surface area contributed by atoms with E-state index in [4.69, 9.17) is 4.74 Å². The number of benzene rings is 2. The first-order valence-electron chi connectivity index (χ1n) is 8.56. The maximum Gasteiger partial charge on any atom is 0.251 e. The summed E-state index contributed by atoms with van der Waals surface area (Å²) in [5.41, 5.74) is 3.36. The second kappa shape index (κ2) is 8.63. The number of methoxy groups -OCH3 is 1. The Morgan fingerprint density at radius 3 is 2.35 bits per heavy atom. The van der Waals surface area contributed by atoms with Gasteiger partial charge in [-0.3, -0.25) is 9.59 Å². The molecule has 0 aliphatic heterocycles. The monoisotopic (exact) mass is 354 g/mol. The van der Waals surface area contributed by atoms with Crippen molar-refractivity contribution in [2.45, 2.75) is 32.8 Å². The van der Waals surface area contributed by atoms with E-state index in [1.54, 1.807) is 25.3 Å². The van der Waals surface area contributed by atoms with Crippen LogP contribution in [0.4, 0.5) is 5.69 Å². The van der Waals surface area contributed by atoms with Crippen molar-refractivity contribution in [1.29, 1.82) is 0 Å². The van der Waals surface area contributed by atoms with Crippen LogP contribution in [0, 0.1) is 0 Å². The first-order valence-corrected chi connectivity index (χ1v) is 8.56. The van der Waals surface area contributed by atoms with Gasteiger partial charge in [-0.15, -0.1) is 0 Å². The van der Waals surface area contributed by atoms with Crippen LogP contribution in [0.15, 0.2) is 48.5 Å². The van der Waals surface area contributed by atoms with Gasteiger partial charge in [0.2, 0.25) is 5.91 Å². The summed E-state index contributed by atoms with van der Waals surface area (Å²) in [5.74, 6) is -0.548. The molecular weight excluding hydrogens is 328 g/mol. The molecule has 5 heteroatoms. The number of ether oxygens (including phenoxy) is 1. The zero-order valence-corrected chi connectivity index (χ0v) is 15.8. The molecule has 0 bridgehead atoms. The lowest BCUT2D eigenvalue weighted by molar-refractivity contribution is -0.115. The molecule has 5 nitrogen and oxygen atoms in total. The fourth-order valence-corrected chi connectivity index (χ4v) is 2.49. The number of carbonyl (C=O) groups excluding carboxylic acids is 2. The van der Waals surface area contributed by atoms with E-state index in [1.807, 2.05) is 30.3 Å². The van der Waals surface area contributed by atoms with Gasteiger partial charge in [-0.2, -0.15) is 0 Å². The smallest absolute Gasteiger partial charge is 0.251 e. The quantitative estimate of drug-likeness (QED) is 0.834. The van der Waals surface area contributed by atoms with Crippen molar-refractivity contribution in [2.24, 2.45) is 0 Å². The fourth-order valence-electron chi connectivity index (χ4n) is 2.49. The van der Waals surface area contributed by atoms with Gasteiger partial charge in [0.05, 0.1) is 13.2 Å². The predicted octanol–water partition coefficient (Wildman–Crippen LogP) is 3.50. The van der Waals surface area contributed by atoms with Crippen molar-refractivity contribution in [1.82, 2.24) is 5.32 Å². The normalized spacial score (nSPS) is 11.1. The maximum absolute atomic E-state index is 12.2. The second-order valence-corrected chi connectivity index (χ2v) is 7.19. The number of nitrogens with one attached hydrogen (secondary N) is 2. The molecule has 2 rings (SSSR count). The molecule has 2 N–H and O–H groups in total. The van der Waals surface area contributed by atoms with Crippen molar-refractivity contribution in [3.8, 4) is 0 Å². The molecule has 0 atom stereocenters. The van der Waals surface area contributed by atoms with Gasteiger partial charge < -0.3 is 15.4 Å². The molecule has 2 amide bonds. The highest BCUT2D eigenvalue weighted by Crippen LogP contribution is 2.22. The molecule has 0 aliphatic carbocycles. The van der Waals surface area contributed by atoms with E-state index in [0.29, 0.717) is 17.9 Å². The summed E-state index contributed by atoms with van der Waals surface area (Å²) in [7, 11) is 1.62. The Labute approximate surface area is 154 Å². The lowest BCUT2D eigenvalue weighted by atomic mass is 9.87. The van der Waals surface area contributed by atoms with E-state index in [9.17, 15) is 9.59 Å². The fraction of sp³-hybridized carbons (Fsp3) is 0.333.